The predicted octanol–water partition coefficient (Wildman–Crippen LogP) is 2.49. The molecule has 0 unspecified atom stereocenters. The Morgan fingerprint density at radius 3 is 2.43 bits per heavy atom. The molecule has 1 N–H and O–H groups in total. The highest BCUT2D eigenvalue weighted by Crippen LogP contribution is 2.39. The molecule has 1 aliphatic carbocycles. The molecule has 4 heteroatoms. The van der Waals surface area contributed by atoms with E-state index in [9.17, 15) is 0 Å². The molecule has 0 radical (unpaired) electrons. The van der Waals surface area contributed by atoms with Crippen LogP contribution in [0.1, 0.15) is 46.0 Å². The molecule has 2 rings (SSSR count). The molecule has 1 spiro atoms. The summed E-state index contributed by atoms with van der Waals surface area (Å²) in [6.07, 6.45) is 6.03. The van der Waals surface area contributed by atoms with Crippen LogP contribution in [0.2, 0.25) is 0 Å². The monoisotopic (exact) mass is 298 g/mol. The minimum atomic E-state index is -0.191. The predicted molar refractivity (Wildman–Crippen MR) is 86.4 cm³/mol. The van der Waals surface area contributed by atoms with Crippen LogP contribution in [0.15, 0.2) is 0 Å². The van der Waals surface area contributed by atoms with Crippen molar-refractivity contribution in [1.82, 2.24) is 10.2 Å². The molecule has 1 aliphatic heterocycles. The van der Waals surface area contributed by atoms with Gasteiger partial charge in [0.25, 0.3) is 0 Å². The van der Waals surface area contributed by atoms with Gasteiger partial charge in [0.2, 0.25) is 0 Å². The maximum absolute atomic E-state index is 5.80. The van der Waals surface area contributed by atoms with Crippen molar-refractivity contribution in [3.8, 4) is 0 Å². The summed E-state index contributed by atoms with van der Waals surface area (Å²) in [5, 5.41) is 3.51. The first-order chi connectivity index (χ1) is 10.1. The second-order valence-corrected chi connectivity index (χ2v) is 7.24. The number of likely N-dealkylation sites (N-methyl/N-ethyl adjacent to an activating group) is 1. The first kappa shape index (κ1) is 17.2. The van der Waals surface area contributed by atoms with E-state index in [1.807, 2.05) is 0 Å². The van der Waals surface area contributed by atoms with E-state index in [-0.39, 0.29) is 5.79 Å². The second kappa shape index (κ2) is 8.47. The molecule has 2 aliphatic rings. The van der Waals surface area contributed by atoms with Gasteiger partial charge < -0.3 is 19.7 Å². The van der Waals surface area contributed by atoms with Crippen molar-refractivity contribution in [2.24, 2.45) is 11.8 Å². The molecular formula is C17H34N2O2. The van der Waals surface area contributed by atoms with E-state index in [1.165, 1.54) is 25.8 Å². The zero-order valence-corrected chi connectivity index (χ0v) is 14.2. The minimum absolute atomic E-state index is 0.191. The zero-order chi connectivity index (χ0) is 15.1. The van der Waals surface area contributed by atoms with Crippen LogP contribution in [0.25, 0.3) is 0 Å². The summed E-state index contributed by atoms with van der Waals surface area (Å²) in [7, 11) is 2.24. The fourth-order valence-corrected chi connectivity index (χ4v) is 3.37. The van der Waals surface area contributed by atoms with Gasteiger partial charge in [0.15, 0.2) is 5.79 Å². The Kier molecular flexibility index (Phi) is 6.93. The number of hydrogen-bond acceptors (Lipinski definition) is 4. The van der Waals surface area contributed by atoms with Crippen LogP contribution in [0.3, 0.4) is 0 Å². The second-order valence-electron chi connectivity index (χ2n) is 7.24. The van der Waals surface area contributed by atoms with Crippen LogP contribution in [-0.4, -0.2) is 57.1 Å². The Bertz CT molecular complexity index is 281. The maximum atomic E-state index is 5.80. The fourth-order valence-electron chi connectivity index (χ4n) is 3.37. The minimum Gasteiger partial charge on any atom is -0.348 e. The smallest absolute Gasteiger partial charge is 0.168 e. The number of rotatable bonds is 8. The van der Waals surface area contributed by atoms with Crippen molar-refractivity contribution in [2.45, 2.75) is 51.7 Å². The quantitative estimate of drug-likeness (QED) is 0.698. The van der Waals surface area contributed by atoms with Gasteiger partial charge in [-0.1, -0.05) is 13.8 Å². The topological polar surface area (TPSA) is 33.7 Å². The Labute approximate surface area is 130 Å². The van der Waals surface area contributed by atoms with Crippen LogP contribution >= 0.6 is 0 Å². The average molecular weight is 298 g/mol. The summed E-state index contributed by atoms with van der Waals surface area (Å²) < 4.78 is 11.6. The van der Waals surface area contributed by atoms with Gasteiger partial charge in [0.05, 0.1) is 13.2 Å². The lowest BCUT2D eigenvalue weighted by Crippen LogP contribution is -2.36. The third-order valence-electron chi connectivity index (χ3n) is 4.82. The van der Waals surface area contributed by atoms with E-state index in [0.29, 0.717) is 0 Å². The summed E-state index contributed by atoms with van der Waals surface area (Å²) in [4.78, 5) is 2.46. The SMILES string of the molecule is CC(C)CNCCN(C)CCC1CCC2(CC1)OCCO2. The summed E-state index contributed by atoms with van der Waals surface area (Å²) in [6.45, 7) is 10.7. The van der Waals surface area contributed by atoms with Gasteiger partial charge >= 0.3 is 0 Å². The molecule has 0 aromatic rings. The molecular weight excluding hydrogens is 264 g/mol. The molecule has 0 aromatic heterocycles. The molecule has 0 aromatic carbocycles. The Morgan fingerprint density at radius 2 is 1.81 bits per heavy atom. The highest BCUT2D eigenvalue weighted by Gasteiger charge is 2.39. The van der Waals surface area contributed by atoms with E-state index in [1.54, 1.807) is 0 Å². The van der Waals surface area contributed by atoms with Crippen LogP contribution in [0.4, 0.5) is 0 Å². The van der Waals surface area contributed by atoms with Crippen molar-refractivity contribution in [3.05, 3.63) is 0 Å². The lowest BCUT2D eigenvalue weighted by Gasteiger charge is -2.35. The molecule has 0 bridgehead atoms. The maximum Gasteiger partial charge on any atom is 0.168 e. The van der Waals surface area contributed by atoms with Crippen molar-refractivity contribution in [1.29, 1.82) is 0 Å². The number of nitrogens with one attached hydrogen (secondary N) is 1. The number of ether oxygens (including phenoxy) is 2. The first-order valence-corrected chi connectivity index (χ1v) is 8.77. The van der Waals surface area contributed by atoms with Gasteiger partial charge in [0, 0.05) is 25.9 Å². The molecule has 4 nitrogen and oxygen atoms in total. The third-order valence-corrected chi connectivity index (χ3v) is 4.82. The molecule has 1 saturated heterocycles. The third kappa shape index (κ3) is 5.85. The molecule has 0 amide bonds. The fraction of sp³-hybridized carbons (Fsp3) is 1.00. The van der Waals surface area contributed by atoms with Crippen LogP contribution < -0.4 is 5.32 Å². The number of hydrogen-bond donors (Lipinski definition) is 1. The van der Waals surface area contributed by atoms with E-state index >= 15 is 0 Å². The van der Waals surface area contributed by atoms with Gasteiger partial charge in [-0.25, -0.2) is 0 Å². The molecule has 21 heavy (non-hydrogen) atoms. The number of nitrogens with zero attached hydrogens (tertiary/aromatic N) is 1. The molecule has 2 fully saturated rings. The summed E-state index contributed by atoms with van der Waals surface area (Å²) in [5.74, 6) is 1.41. The van der Waals surface area contributed by atoms with E-state index in [4.69, 9.17) is 9.47 Å². The van der Waals surface area contributed by atoms with Gasteiger partial charge in [-0.3, -0.25) is 0 Å². The van der Waals surface area contributed by atoms with Crippen LogP contribution in [0.5, 0.6) is 0 Å². The van der Waals surface area contributed by atoms with E-state index < -0.39 is 0 Å². The van der Waals surface area contributed by atoms with Crippen molar-refractivity contribution in [2.75, 3.05) is 46.4 Å². The van der Waals surface area contributed by atoms with Crippen LogP contribution in [0, 0.1) is 11.8 Å². The Hall–Kier alpha value is -0.160. The van der Waals surface area contributed by atoms with Gasteiger partial charge in [-0.2, -0.15) is 0 Å². The summed E-state index contributed by atoms with van der Waals surface area (Å²) in [6, 6.07) is 0. The largest absolute Gasteiger partial charge is 0.348 e. The average Bonchev–Trinajstić information content (AvgIpc) is 2.91. The molecule has 1 saturated carbocycles. The molecule has 124 valence electrons. The highest BCUT2D eigenvalue weighted by atomic mass is 16.7. The highest BCUT2D eigenvalue weighted by molar-refractivity contribution is 4.82. The van der Waals surface area contributed by atoms with Crippen molar-refractivity contribution < 1.29 is 9.47 Å². The summed E-state index contributed by atoms with van der Waals surface area (Å²) >= 11 is 0. The van der Waals surface area contributed by atoms with Crippen LogP contribution in [-0.2, 0) is 9.47 Å². The van der Waals surface area contributed by atoms with Gasteiger partial charge in [-0.15, -0.1) is 0 Å². The summed E-state index contributed by atoms with van der Waals surface area (Å²) in [5.41, 5.74) is 0. The lowest BCUT2D eigenvalue weighted by molar-refractivity contribution is -0.182. The first-order valence-electron chi connectivity index (χ1n) is 8.77. The normalized spacial score (nSPS) is 22.7. The molecule has 1 heterocycles. The van der Waals surface area contributed by atoms with E-state index in [2.05, 4.69) is 31.1 Å². The van der Waals surface area contributed by atoms with Crippen molar-refractivity contribution in [3.63, 3.8) is 0 Å². The Morgan fingerprint density at radius 1 is 1.14 bits per heavy atom. The van der Waals surface area contributed by atoms with Gasteiger partial charge in [-0.05, 0) is 51.2 Å². The van der Waals surface area contributed by atoms with Crippen molar-refractivity contribution >= 4 is 0 Å². The standard InChI is InChI=1S/C17H34N2O2/c1-15(2)14-18-9-11-19(3)10-6-16-4-7-17(8-5-16)20-12-13-21-17/h15-16,18H,4-14H2,1-3H3. The van der Waals surface area contributed by atoms with Gasteiger partial charge in [0.1, 0.15) is 0 Å². The van der Waals surface area contributed by atoms with E-state index in [0.717, 1.165) is 57.5 Å². The Balaban J connectivity index is 1.52. The lowest BCUT2D eigenvalue weighted by atomic mass is 9.83. The zero-order valence-electron chi connectivity index (χ0n) is 14.2. The molecule has 0 atom stereocenters.